The number of carbonyl (C=O) groups excluding carboxylic acids is 1. The van der Waals surface area contributed by atoms with Gasteiger partial charge in [-0.05, 0) is 23.3 Å². The zero-order chi connectivity index (χ0) is 18.2. The molecule has 0 heterocycles. The maximum atomic E-state index is 12.3. The normalized spacial score (nSPS) is 10.4. The molecule has 0 bridgehead atoms. The lowest BCUT2D eigenvalue weighted by Crippen LogP contribution is -2.32. The first-order chi connectivity index (χ1) is 12.8. The maximum absolute atomic E-state index is 12.3. The van der Waals surface area contributed by atoms with Crippen molar-refractivity contribution in [3.63, 3.8) is 0 Å². The van der Waals surface area contributed by atoms with Crippen LogP contribution in [0.25, 0.3) is 0 Å². The van der Waals surface area contributed by atoms with Crippen molar-refractivity contribution in [1.29, 1.82) is 0 Å². The molecule has 3 aromatic rings. The van der Waals surface area contributed by atoms with E-state index < -0.39 is 0 Å². The van der Waals surface area contributed by atoms with Gasteiger partial charge in [0.1, 0.15) is 5.75 Å². The zero-order valence-corrected chi connectivity index (χ0v) is 14.7. The Morgan fingerprint density at radius 3 is 2.08 bits per heavy atom. The van der Waals surface area contributed by atoms with Crippen molar-refractivity contribution < 1.29 is 9.53 Å². The van der Waals surface area contributed by atoms with Crippen molar-refractivity contribution in [1.82, 2.24) is 5.32 Å². The average Bonchev–Trinajstić information content (AvgIpc) is 2.70. The fourth-order valence-electron chi connectivity index (χ4n) is 2.87. The highest BCUT2D eigenvalue weighted by Crippen LogP contribution is 2.23. The van der Waals surface area contributed by atoms with Gasteiger partial charge in [-0.3, -0.25) is 0 Å². The average molecular weight is 346 g/mol. The van der Waals surface area contributed by atoms with Crippen LogP contribution in [0.1, 0.15) is 17.0 Å². The Morgan fingerprint density at radius 1 is 0.885 bits per heavy atom. The molecule has 0 aliphatic rings. The first-order valence-corrected chi connectivity index (χ1v) is 8.55. The van der Waals surface area contributed by atoms with Crippen molar-refractivity contribution in [3.8, 4) is 5.75 Å². The van der Waals surface area contributed by atoms with Gasteiger partial charge in [-0.15, -0.1) is 0 Å². The number of rotatable bonds is 6. The predicted octanol–water partition coefficient (Wildman–Crippen LogP) is 4.65. The number of hydrogen-bond acceptors (Lipinski definition) is 2. The highest BCUT2D eigenvalue weighted by Gasteiger charge is 2.15. The smallest absolute Gasteiger partial charge is 0.319 e. The molecule has 0 radical (unpaired) electrons. The van der Waals surface area contributed by atoms with Gasteiger partial charge < -0.3 is 15.4 Å². The Kier molecular flexibility index (Phi) is 5.88. The molecule has 2 N–H and O–H groups in total. The van der Waals surface area contributed by atoms with Crippen LogP contribution in [-0.2, 0) is 0 Å². The highest BCUT2D eigenvalue weighted by molar-refractivity contribution is 5.89. The fourth-order valence-corrected chi connectivity index (χ4v) is 2.87. The molecule has 3 rings (SSSR count). The summed E-state index contributed by atoms with van der Waals surface area (Å²) in [5, 5.41) is 5.82. The van der Waals surface area contributed by atoms with Crippen molar-refractivity contribution >= 4 is 11.7 Å². The van der Waals surface area contributed by atoms with E-state index in [0.717, 1.165) is 0 Å². The quantitative estimate of drug-likeness (QED) is 0.683. The Bertz CT molecular complexity index is 796. The lowest BCUT2D eigenvalue weighted by atomic mass is 9.91. The molecule has 4 nitrogen and oxygen atoms in total. The number of methoxy groups -OCH3 is 1. The van der Waals surface area contributed by atoms with Crippen LogP contribution in [0.2, 0.25) is 0 Å². The molecule has 3 aromatic carbocycles. The molecule has 0 atom stereocenters. The topological polar surface area (TPSA) is 50.4 Å². The van der Waals surface area contributed by atoms with Crippen LogP contribution in [0.15, 0.2) is 84.9 Å². The molecule has 2 amide bonds. The molecule has 0 aromatic heterocycles. The van der Waals surface area contributed by atoms with Crippen molar-refractivity contribution in [2.75, 3.05) is 19.0 Å². The molecule has 0 spiro atoms. The molecular formula is C22H22N2O2. The number of benzene rings is 3. The number of hydrogen-bond donors (Lipinski definition) is 2. The van der Waals surface area contributed by atoms with Crippen molar-refractivity contribution in [2.45, 2.75) is 5.92 Å². The van der Waals surface area contributed by atoms with Crippen LogP contribution in [-0.4, -0.2) is 19.7 Å². The van der Waals surface area contributed by atoms with E-state index in [1.54, 1.807) is 13.2 Å². The summed E-state index contributed by atoms with van der Waals surface area (Å²) in [5.41, 5.74) is 3.03. The second-order valence-electron chi connectivity index (χ2n) is 5.94. The molecule has 0 aliphatic heterocycles. The summed E-state index contributed by atoms with van der Waals surface area (Å²) in [5.74, 6) is 0.794. The van der Waals surface area contributed by atoms with E-state index in [0.29, 0.717) is 18.0 Å². The van der Waals surface area contributed by atoms with E-state index in [9.17, 15) is 4.79 Å². The second kappa shape index (κ2) is 8.72. The molecule has 0 unspecified atom stereocenters. The van der Waals surface area contributed by atoms with Gasteiger partial charge in [-0.1, -0.05) is 66.7 Å². The standard InChI is InChI=1S/C22H22N2O2/c1-26-20-14-8-13-19(15-20)24-22(25)23-16-21(17-9-4-2-5-10-17)18-11-6-3-7-12-18/h2-15,21H,16H2,1H3,(H2,23,24,25). The van der Waals surface area contributed by atoms with Crippen molar-refractivity contribution in [3.05, 3.63) is 96.1 Å². The van der Waals surface area contributed by atoms with Gasteiger partial charge in [0.2, 0.25) is 0 Å². The summed E-state index contributed by atoms with van der Waals surface area (Å²) in [6.45, 7) is 0.504. The van der Waals surface area contributed by atoms with E-state index in [-0.39, 0.29) is 11.9 Å². The van der Waals surface area contributed by atoms with E-state index in [1.807, 2.05) is 54.6 Å². The summed E-state index contributed by atoms with van der Waals surface area (Å²) in [6.07, 6.45) is 0. The molecule has 0 fully saturated rings. The van der Waals surface area contributed by atoms with Gasteiger partial charge in [-0.2, -0.15) is 0 Å². The molecule has 4 heteroatoms. The van der Waals surface area contributed by atoms with Crippen LogP contribution in [0.5, 0.6) is 5.75 Å². The van der Waals surface area contributed by atoms with Crippen LogP contribution in [0.4, 0.5) is 10.5 Å². The summed E-state index contributed by atoms with van der Waals surface area (Å²) in [6, 6.07) is 27.4. The van der Waals surface area contributed by atoms with Gasteiger partial charge >= 0.3 is 6.03 Å². The number of urea groups is 1. The minimum atomic E-state index is -0.241. The second-order valence-corrected chi connectivity index (χ2v) is 5.94. The summed E-state index contributed by atoms with van der Waals surface area (Å²) < 4.78 is 5.18. The number of ether oxygens (including phenoxy) is 1. The maximum Gasteiger partial charge on any atom is 0.319 e. The van der Waals surface area contributed by atoms with E-state index in [2.05, 4.69) is 34.9 Å². The van der Waals surface area contributed by atoms with Gasteiger partial charge in [0.15, 0.2) is 0 Å². The monoisotopic (exact) mass is 346 g/mol. The Morgan fingerprint density at radius 2 is 1.50 bits per heavy atom. The predicted molar refractivity (Wildman–Crippen MR) is 105 cm³/mol. The number of anilines is 1. The minimum Gasteiger partial charge on any atom is -0.497 e. The lowest BCUT2D eigenvalue weighted by Gasteiger charge is -2.19. The largest absolute Gasteiger partial charge is 0.497 e. The molecule has 132 valence electrons. The molecule has 0 saturated heterocycles. The minimum absolute atomic E-state index is 0.0912. The number of carbonyl (C=O) groups is 1. The van der Waals surface area contributed by atoms with Crippen molar-refractivity contribution in [2.24, 2.45) is 0 Å². The van der Waals surface area contributed by atoms with E-state index >= 15 is 0 Å². The molecule has 0 saturated carbocycles. The lowest BCUT2D eigenvalue weighted by molar-refractivity contribution is 0.252. The Hall–Kier alpha value is -3.27. The number of amides is 2. The van der Waals surface area contributed by atoms with E-state index in [4.69, 9.17) is 4.74 Å². The van der Waals surface area contributed by atoms with Crippen LogP contribution in [0.3, 0.4) is 0 Å². The third kappa shape index (κ3) is 4.63. The third-order valence-corrected chi connectivity index (χ3v) is 4.20. The van der Waals surface area contributed by atoms with E-state index in [1.165, 1.54) is 11.1 Å². The van der Waals surface area contributed by atoms with Crippen LogP contribution < -0.4 is 15.4 Å². The summed E-state index contributed by atoms with van der Waals surface area (Å²) >= 11 is 0. The van der Waals surface area contributed by atoms with Gasteiger partial charge in [0.05, 0.1) is 7.11 Å². The number of nitrogens with one attached hydrogen (secondary N) is 2. The SMILES string of the molecule is COc1cccc(NC(=O)NCC(c2ccccc2)c2ccccc2)c1. The summed E-state index contributed by atoms with van der Waals surface area (Å²) in [7, 11) is 1.60. The first kappa shape index (κ1) is 17.5. The Balaban J connectivity index is 1.68. The molecule has 0 aliphatic carbocycles. The third-order valence-electron chi connectivity index (χ3n) is 4.20. The fraction of sp³-hybridized carbons (Fsp3) is 0.136. The Labute approximate surface area is 153 Å². The first-order valence-electron chi connectivity index (χ1n) is 8.55. The summed E-state index contributed by atoms with van der Waals surface area (Å²) in [4.78, 5) is 12.3. The zero-order valence-electron chi connectivity index (χ0n) is 14.7. The molecule has 26 heavy (non-hydrogen) atoms. The van der Waals surface area contributed by atoms with Gasteiger partial charge in [0.25, 0.3) is 0 Å². The van der Waals surface area contributed by atoms with Crippen LogP contribution in [0, 0.1) is 0 Å². The van der Waals surface area contributed by atoms with Gasteiger partial charge in [0, 0.05) is 24.2 Å². The molecular weight excluding hydrogens is 324 g/mol. The highest BCUT2D eigenvalue weighted by atomic mass is 16.5. The van der Waals surface area contributed by atoms with Crippen LogP contribution >= 0.6 is 0 Å². The van der Waals surface area contributed by atoms with Gasteiger partial charge in [-0.25, -0.2) is 4.79 Å².